The number of hydrogen-bond acceptors (Lipinski definition) is 7. The number of rotatable bonds is 8. The summed E-state index contributed by atoms with van der Waals surface area (Å²) in [5, 5.41) is 14.2. The number of carbonyl (C=O) groups excluding carboxylic acids is 4. The van der Waals surface area contributed by atoms with Crippen LogP contribution in [0.5, 0.6) is 0 Å². The lowest BCUT2D eigenvalue weighted by atomic mass is 10.2. The monoisotopic (exact) mass is 463 g/mol. The molecule has 1 unspecified atom stereocenters. The molecule has 3 N–H and O–H groups in total. The number of nitrogens with one attached hydrogen (secondary N) is 2. The number of alkyl carbamates (subject to hydrolysis) is 2. The number of benzene rings is 1. The van der Waals surface area contributed by atoms with E-state index in [0.29, 0.717) is 6.29 Å². The minimum absolute atomic E-state index is 0.00872. The molecule has 0 radical (unpaired) electrons. The Morgan fingerprint density at radius 1 is 1.15 bits per heavy atom. The number of nitrogens with zero attached hydrogens (tertiary/aromatic N) is 1. The quantitative estimate of drug-likeness (QED) is 0.490. The summed E-state index contributed by atoms with van der Waals surface area (Å²) in [6, 6.07) is 5.37. The van der Waals surface area contributed by atoms with Gasteiger partial charge in [-0.1, -0.05) is 30.3 Å². The Morgan fingerprint density at radius 2 is 1.82 bits per heavy atom. The van der Waals surface area contributed by atoms with Crippen LogP contribution in [0, 0.1) is 0 Å². The number of amides is 3. The number of hydrogen-bond donors (Lipinski definition) is 3. The van der Waals surface area contributed by atoms with Gasteiger partial charge in [0, 0.05) is 0 Å². The Hall–Kier alpha value is -3.63. The molecule has 33 heavy (non-hydrogen) atoms. The Bertz CT molecular complexity index is 868. The third kappa shape index (κ3) is 7.78. The fourth-order valence-electron chi connectivity index (χ4n) is 3.32. The molecule has 11 heteroatoms. The first-order valence-corrected chi connectivity index (χ1v) is 10.5. The molecule has 11 nitrogen and oxygen atoms in total. The normalized spacial score (nSPS) is 18.7. The standard InChI is InChI=1S/C22H29N3O8/c1-22(2,3)33-21(31)24-16(11-23-20(30)32-13-14-7-5-4-6-8-14)18(27)25-15(12-26)9-10-17(25)19(28)29/h4-8,12,15-17H,9-11,13H2,1-3H3,(H,23,30)(H,24,31)(H,28,29)/t15-,16?,17+/m1/s1. The van der Waals surface area contributed by atoms with Crippen LogP contribution in [0.25, 0.3) is 0 Å². The van der Waals surface area contributed by atoms with Crippen LogP contribution < -0.4 is 10.6 Å². The smallest absolute Gasteiger partial charge is 0.408 e. The number of carboxylic acid groups (broad SMARTS) is 1. The van der Waals surface area contributed by atoms with E-state index >= 15 is 0 Å². The largest absolute Gasteiger partial charge is 0.480 e. The Labute approximate surface area is 191 Å². The van der Waals surface area contributed by atoms with Crippen molar-refractivity contribution in [3.63, 3.8) is 0 Å². The molecule has 3 amide bonds. The maximum absolute atomic E-state index is 13.2. The van der Waals surface area contributed by atoms with Crippen molar-refractivity contribution in [1.82, 2.24) is 15.5 Å². The number of aldehydes is 1. The van der Waals surface area contributed by atoms with E-state index in [1.165, 1.54) is 0 Å². The van der Waals surface area contributed by atoms with Crippen LogP contribution in [-0.2, 0) is 30.5 Å². The first-order valence-electron chi connectivity index (χ1n) is 10.5. The van der Waals surface area contributed by atoms with E-state index < -0.39 is 54.3 Å². The fraction of sp³-hybridized carbons (Fsp3) is 0.500. The van der Waals surface area contributed by atoms with Crippen LogP contribution in [0.1, 0.15) is 39.2 Å². The minimum Gasteiger partial charge on any atom is -0.480 e. The van der Waals surface area contributed by atoms with Gasteiger partial charge in [0.2, 0.25) is 5.91 Å². The molecule has 1 aliphatic heterocycles. The van der Waals surface area contributed by atoms with Gasteiger partial charge in [-0.2, -0.15) is 0 Å². The third-order valence-corrected chi connectivity index (χ3v) is 4.78. The molecule has 0 spiro atoms. The molecule has 1 fully saturated rings. The average molecular weight is 463 g/mol. The van der Waals surface area contributed by atoms with Crippen molar-refractivity contribution in [1.29, 1.82) is 0 Å². The number of carbonyl (C=O) groups is 5. The van der Waals surface area contributed by atoms with Crippen molar-refractivity contribution < 1.29 is 38.6 Å². The molecule has 1 heterocycles. The van der Waals surface area contributed by atoms with E-state index in [0.717, 1.165) is 10.5 Å². The van der Waals surface area contributed by atoms with Gasteiger partial charge in [0.25, 0.3) is 0 Å². The van der Waals surface area contributed by atoms with Crippen LogP contribution in [0.2, 0.25) is 0 Å². The predicted molar refractivity (Wildman–Crippen MR) is 115 cm³/mol. The van der Waals surface area contributed by atoms with E-state index in [-0.39, 0.29) is 19.4 Å². The zero-order valence-electron chi connectivity index (χ0n) is 18.8. The van der Waals surface area contributed by atoms with Crippen molar-refractivity contribution in [2.75, 3.05) is 6.54 Å². The number of aliphatic carboxylic acids is 1. The molecule has 0 saturated carbocycles. The summed E-state index contributed by atoms with van der Waals surface area (Å²) in [7, 11) is 0. The zero-order chi connectivity index (χ0) is 24.6. The van der Waals surface area contributed by atoms with Gasteiger partial charge >= 0.3 is 18.2 Å². The van der Waals surface area contributed by atoms with E-state index in [1.54, 1.807) is 45.0 Å². The summed E-state index contributed by atoms with van der Waals surface area (Å²) in [5.74, 6) is -2.09. The molecule has 0 aliphatic carbocycles. The topological polar surface area (TPSA) is 151 Å². The summed E-state index contributed by atoms with van der Waals surface area (Å²) >= 11 is 0. The highest BCUT2D eigenvalue weighted by molar-refractivity contribution is 5.92. The summed E-state index contributed by atoms with van der Waals surface area (Å²) in [6.07, 6.45) is -1.01. The molecule has 1 aliphatic rings. The molecular weight excluding hydrogens is 434 g/mol. The SMILES string of the molecule is CC(C)(C)OC(=O)NC(CNC(=O)OCc1ccccc1)C(=O)N1[C@@H](C=O)CC[C@H]1C(=O)O. The van der Waals surface area contributed by atoms with Crippen molar-refractivity contribution in [3.05, 3.63) is 35.9 Å². The highest BCUT2D eigenvalue weighted by Gasteiger charge is 2.43. The predicted octanol–water partition coefficient (Wildman–Crippen LogP) is 1.45. The van der Waals surface area contributed by atoms with Crippen molar-refractivity contribution in [2.45, 2.75) is 63.9 Å². The highest BCUT2D eigenvalue weighted by Crippen LogP contribution is 2.24. The number of ether oxygens (including phenoxy) is 2. The summed E-state index contributed by atoms with van der Waals surface area (Å²) < 4.78 is 10.3. The van der Waals surface area contributed by atoms with Gasteiger partial charge in [-0.3, -0.25) is 4.79 Å². The molecule has 180 valence electrons. The van der Waals surface area contributed by atoms with Gasteiger partial charge in [-0.25, -0.2) is 14.4 Å². The fourth-order valence-corrected chi connectivity index (χ4v) is 3.32. The van der Waals surface area contributed by atoms with Gasteiger partial charge in [-0.15, -0.1) is 0 Å². The van der Waals surface area contributed by atoms with Crippen LogP contribution in [0.15, 0.2) is 30.3 Å². The lowest BCUT2D eigenvalue weighted by Crippen LogP contribution is -2.58. The second-order valence-electron chi connectivity index (χ2n) is 8.52. The van der Waals surface area contributed by atoms with Gasteiger partial charge in [0.15, 0.2) is 0 Å². The van der Waals surface area contributed by atoms with Crippen LogP contribution >= 0.6 is 0 Å². The van der Waals surface area contributed by atoms with Gasteiger partial charge in [-0.05, 0) is 39.2 Å². The first kappa shape index (κ1) is 25.6. The third-order valence-electron chi connectivity index (χ3n) is 4.78. The van der Waals surface area contributed by atoms with E-state index in [9.17, 15) is 29.1 Å². The van der Waals surface area contributed by atoms with E-state index in [1.807, 2.05) is 6.07 Å². The molecule has 1 aromatic carbocycles. The molecule has 0 aromatic heterocycles. The maximum Gasteiger partial charge on any atom is 0.408 e. The molecule has 1 saturated heterocycles. The van der Waals surface area contributed by atoms with Crippen molar-refractivity contribution in [3.8, 4) is 0 Å². The Balaban J connectivity index is 2.10. The lowest BCUT2D eigenvalue weighted by Gasteiger charge is -2.30. The Kier molecular flexibility index (Phi) is 8.78. The first-order chi connectivity index (χ1) is 15.5. The number of carboxylic acids is 1. The van der Waals surface area contributed by atoms with E-state index in [4.69, 9.17) is 9.47 Å². The molecule has 0 bridgehead atoms. The molecule has 3 atom stereocenters. The van der Waals surface area contributed by atoms with Crippen molar-refractivity contribution in [2.24, 2.45) is 0 Å². The maximum atomic E-state index is 13.2. The lowest BCUT2D eigenvalue weighted by molar-refractivity contribution is -0.151. The van der Waals surface area contributed by atoms with E-state index in [2.05, 4.69) is 10.6 Å². The van der Waals surface area contributed by atoms with Gasteiger partial charge in [0.1, 0.15) is 30.6 Å². The van der Waals surface area contributed by atoms with Crippen molar-refractivity contribution >= 4 is 30.3 Å². The number of likely N-dealkylation sites (tertiary alicyclic amines) is 1. The highest BCUT2D eigenvalue weighted by atomic mass is 16.6. The minimum atomic E-state index is -1.38. The van der Waals surface area contributed by atoms with Gasteiger partial charge in [0.05, 0.1) is 12.6 Å². The van der Waals surface area contributed by atoms with Gasteiger partial charge < -0.3 is 34.9 Å². The average Bonchev–Trinajstić information content (AvgIpc) is 3.18. The molecular formula is C22H29N3O8. The Morgan fingerprint density at radius 3 is 2.39 bits per heavy atom. The second-order valence-corrected chi connectivity index (χ2v) is 8.52. The molecule has 1 aromatic rings. The second kappa shape index (κ2) is 11.3. The summed E-state index contributed by atoms with van der Waals surface area (Å²) in [6.45, 7) is 4.48. The summed E-state index contributed by atoms with van der Waals surface area (Å²) in [4.78, 5) is 61.5. The van der Waals surface area contributed by atoms with Crippen LogP contribution in [0.3, 0.4) is 0 Å². The van der Waals surface area contributed by atoms with Crippen LogP contribution in [-0.4, -0.2) is 70.6 Å². The molecule has 2 rings (SSSR count). The zero-order valence-corrected chi connectivity index (χ0v) is 18.8. The van der Waals surface area contributed by atoms with Crippen LogP contribution in [0.4, 0.5) is 9.59 Å². The summed E-state index contributed by atoms with van der Waals surface area (Å²) in [5.41, 5.74) is -0.107.